The van der Waals surface area contributed by atoms with Crippen LogP contribution in [0.15, 0.2) is 30.6 Å². The van der Waals surface area contributed by atoms with E-state index >= 15 is 0 Å². The molecule has 1 aromatic carbocycles. The highest BCUT2D eigenvalue weighted by atomic mass is 16.5. The van der Waals surface area contributed by atoms with Gasteiger partial charge in [-0.25, -0.2) is 4.98 Å². The molecule has 2 aromatic rings. The van der Waals surface area contributed by atoms with Crippen LogP contribution in [0, 0.1) is 18.3 Å². The minimum Gasteiger partial charge on any atom is -0.496 e. The Kier molecular flexibility index (Phi) is 6.89. The van der Waals surface area contributed by atoms with Crippen molar-refractivity contribution >= 4 is 5.91 Å². The molecule has 4 rings (SSSR count). The molecule has 32 heavy (non-hydrogen) atoms. The van der Waals surface area contributed by atoms with Gasteiger partial charge in [-0.2, -0.15) is 0 Å². The topological polar surface area (TPSA) is 50.6 Å². The minimum absolute atomic E-state index is 0.187. The van der Waals surface area contributed by atoms with E-state index in [4.69, 9.17) is 4.74 Å². The van der Waals surface area contributed by atoms with Gasteiger partial charge in [0.15, 0.2) is 0 Å². The van der Waals surface area contributed by atoms with Crippen LogP contribution in [0.4, 0.5) is 0 Å². The molecule has 0 aliphatic carbocycles. The predicted octanol–water partition coefficient (Wildman–Crippen LogP) is 4.11. The van der Waals surface area contributed by atoms with Crippen molar-refractivity contribution in [2.24, 2.45) is 11.3 Å². The van der Waals surface area contributed by atoms with E-state index in [1.54, 1.807) is 7.11 Å². The van der Waals surface area contributed by atoms with Gasteiger partial charge < -0.3 is 14.2 Å². The molecule has 1 aromatic heterocycles. The van der Waals surface area contributed by atoms with E-state index in [1.165, 1.54) is 11.1 Å². The second-order valence-electron chi connectivity index (χ2n) is 9.90. The third-order valence-corrected chi connectivity index (χ3v) is 7.78. The van der Waals surface area contributed by atoms with E-state index in [1.807, 2.05) is 31.3 Å². The van der Waals surface area contributed by atoms with E-state index in [0.29, 0.717) is 11.8 Å². The van der Waals surface area contributed by atoms with Gasteiger partial charge in [-0.15, -0.1) is 0 Å². The number of nitrogens with zero attached hydrogens (tertiary/aromatic N) is 4. The highest BCUT2D eigenvalue weighted by molar-refractivity contribution is 5.82. The molecular weight excluding hydrogens is 400 g/mol. The Labute approximate surface area is 192 Å². The Balaban J connectivity index is 1.40. The molecule has 0 N–H and O–H groups in total. The lowest BCUT2D eigenvalue weighted by Gasteiger charge is -2.42. The first-order valence-electron chi connectivity index (χ1n) is 12.0. The zero-order chi connectivity index (χ0) is 22.7. The standard InChI is InChI=1S/C26H38N4O2/c1-20-27-12-16-30(20)19-22-17-21(7-8-24(22)32-4)18-29-14-9-23(10-15-29)26(2)11-5-6-13-28(3)25(26)31/h7-8,12,16-17,23H,5-6,9-11,13-15,18-19H2,1-4H3. The maximum absolute atomic E-state index is 13.1. The lowest BCUT2D eigenvalue weighted by molar-refractivity contribution is -0.143. The molecule has 2 fully saturated rings. The molecule has 1 atom stereocenters. The van der Waals surface area contributed by atoms with Crippen LogP contribution in [-0.2, 0) is 17.9 Å². The number of hydrogen-bond donors (Lipinski definition) is 0. The average molecular weight is 439 g/mol. The lowest BCUT2D eigenvalue weighted by Crippen LogP contribution is -2.47. The Hall–Kier alpha value is -2.34. The first kappa shape index (κ1) is 22.8. The molecule has 1 unspecified atom stereocenters. The number of benzene rings is 1. The average Bonchev–Trinajstić information content (AvgIpc) is 3.15. The van der Waals surface area contributed by atoms with Gasteiger partial charge in [0.2, 0.25) is 5.91 Å². The number of amides is 1. The Bertz CT molecular complexity index is 932. The van der Waals surface area contributed by atoms with Crippen molar-refractivity contribution in [1.29, 1.82) is 0 Å². The van der Waals surface area contributed by atoms with Gasteiger partial charge in [0.1, 0.15) is 11.6 Å². The maximum atomic E-state index is 13.1. The molecule has 0 radical (unpaired) electrons. The minimum atomic E-state index is -0.187. The van der Waals surface area contributed by atoms with E-state index in [-0.39, 0.29) is 5.41 Å². The number of aromatic nitrogens is 2. The van der Waals surface area contributed by atoms with Crippen molar-refractivity contribution in [3.05, 3.63) is 47.5 Å². The van der Waals surface area contributed by atoms with Gasteiger partial charge in [-0.3, -0.25) is 9.69 Å². The van der Waals surface area contributed by atoms with Crippen LogP contribution < -0.4 is 4.74 Å². The maximum Gasteiger partial charge on any atom is 0.228 e. The number of hydrogen-bond acceptors (Lipinski definition) is 4. The summed E-state index contributed by atoms with van der Waals surface area (Å²) in [5.74, 6) is 2.78. The van der Waals surface area contributed by atoms with Crippen LogP contribution in [0.2, 0.25) is 0 Å². The zero-order valence-electron chi connectivity index (χ0n) is 20.1. The largest absolute Gasteiger partial charge is 0.496 e. The monoisotopic (exact) mass is 438 g/mol. The smallest absolute Gasteiger partial charge is 0.228 e. The molecule has 0 spiro atoms. The molecule has 2 aliphatic rings. The lowest BCUT2D eigenvalue weighted by atomic mass is 9.69. The predicted molar refractivity (Wildman–Crippen MR) is 127 cm³/mol. The molecule has 3 heterocycles. The van der Waals surface area contributed by atoms with Crippen LogP contribution >= 0.6 is 0 Å². The summed E-state index contributed by atoms with van der Waals surface area (Å²) in [7, 11) is 3.71. The third-order valence-electron chi connectivity index (χ3n) is 7.78. The van der Waals surface area contributed by atoms with Crippen LogP contribution in [-0.4, -0.2) is 59.0 Å². The van der Waals surface area contributed by atoms with Crippen LogP contribution in [0.25, 0.3) is 0 Å². The second kappa shape index (κ2) is 9.65. The summed E-state index contributed by atoms with van der Waals surface area (Å²) in [6.07, 6.45) is 9.40. The number of carbonyl (C=O) groups is 1. The summed E-state index contributed by atoms with van der Waals surface area (Å²) in [4.78, 5) is 21.9. The fourth-order valence-corrected chi connectivity index (χ4v) is 5.66. The molecule has 6 heteroatoms. The SMILES string of the molecule is COc1ccc(CN2CCC(C3(C)CCCCN(C)C3=O)CC2)cc1Cn1ccnc1C. The van der Waals surface area contributed by atoms with Gasteiger partial charge in [0.25, 0.3) is 0 Å². The molecule has 0 saturated carbocycles. The van der Waals surface area contributed by atoms with Crippen molar-refractivity contribution in [2.45, 2.75) is 59.0 Å². The van der Waals surface area contributed by atoms with Gasteiger partial charge >= 0.3 is 0 Å². The highest BCUT2D eigenvalue weighted by Gasteiger charge is 2.44. The zero-order valence-corrected chi connectivity index (χ0v) is 20.1. The Morgan fingerprint density at radius 1 is 1.16 bits per heavy atom. The number of likely N-dealkylation sites (tertiary alicyclic amines) is 2. The van der Waals surface area contributed by atoms with E-state index in [9.17, 15) is 4.79 Å². The number of imidazole rings is 1. The molecule has 1 amide bonds. The molecule has 6 nitrogen and oxygen atoms in total. The summed E-state index contributed by atoms with van der Waals surface area (Å²) in [5.41, 5.74) is 2.31. The number of piperidine rings is 1. The number of ether oxygens (including phenoxy) is 1. The number of aryl methyl sites for hydroxylation is 1. The molecule has 2 aliphatic heterocycles. The molecule has 174 valence electrons. The van der Waals surface area contributed by atoms with Crippen LogP contribution in [0.5, 0.6) is 5.75 Å². The van der Waals surface area contributed by atoms with E-state index in [0.717, 1.165) is 76.4 Å². The van der Waals surface area contributed by atoms with Gasteiger partial charge in [0.05, 0.1) is 13.7 Å². The summed E-state index contributed by atoms with van der Waals surface area (Å²) in [6.45, 7) is 8.98. The fraction of sp³-hybridized carbons (Fsp3) is 0.615. The number of methoxy groups -OCH3 is 1. The van der Waals surface area contributed by atoms with Crippen molar-refractivity contribution in [1.82, 2.24) is 19.4 Å². The van der Waals surface area contributed by atoms with E-state index < -0.39 is 0 Å². The third kappa shape index (κ3) is 4.70. The first-order chi connectivity index (χ1) is 15.4. The molecule has 2 saturated heterocycles. The normalized spacial score (nSPS) is 23.4. The number of carbonyl (C=O) groups excluding carboxylic acids is 1. The highest BCUT2D eigenvalue weighted by Crippen LogP contribution is 2.42. The molecule has 0 bridgehead atoms. The van der Waals surface area contributed by atoms with Crippen molar-refractivity contribution in [3.63, 3.8) is 0 Å². The fourth-order valence-electron chi connectivity index (χ4n) is 5.66. The number of rotatable bonds is 6. The van der Waals surface area contributed by atoms with Crippen LogP contribution in [0.3, 0.4) is 0 Å². The van der Waals surface area contributed by atoms with Gasteiger partial charge in [-0.1, -0.05) is 19.4 Å². The van der Waals surface area contributed by atoms with Gasteiger partial charge in [0, 0.05) is 43.5 Å². The van der Waals surface area contributed by atoms with Crippen LogP contribution in [0.1, 0.15) is 56.0 Å². The van der Waals surface area contributed by atoms with Crippen molar-refractivity contribution < 1.29 is 9.53 Å². The van der Waals surface area contributed by atoms with Crippen molar-refractivity contribution in [2.75, 3.05) is 33.8 Å². The van der Waals surface area contributed by atoms with Gasteiger partial charge in [-0.05, 0) is 69.3 Å². The second-order valence-corrected chi connectivity index (χ2v) is 9.90. The summed E-state index contributed by atoms with van der Waals surface area (Å²) < 4.78 is 7.76. The summed E-state index contributed by atoms with van der Waals surface area (Å²) in [6, 6.07) is 6.54. The molecular formula is C26H38N4O2. The van der Waals surface area contributed by atoms with Crippen molar-refractivity contribution in [3.8, 4) is 5.75 Å². The first-order valence-corrected chi connectivity index (χ1v) is 12.0. The summed E-state index contributed by atoms with van der Waals surface area (Å²) in [5, 5.41) is 0. The quantitative estimate of drug-likeness (QED) is 0.681. The van der Waals surface area contributed by atoms with E-state index in [2.05, 4.69) is 39.6 Å². The Morgan fingerprint density at radius 2 is 1.94 bits per heavy atom. The summed E-state index contributed by atoms with van der Waals surface area (Å²) >= 11 is 0. The Morgan fingerprint density at radius 3 is 2.62 bits per heavy atom.